The third-order valence-electron chi connectivity index (χ3n) is 3.42. The fourth-order valence-electron chi connectivity index (χ4n) is 2.27. The molecule has 0 atom stereocenters. The number of hydrogen-bond donors (Lipinski definition) is 1. The van der Waals surface area contributed by atoms with Crippen LogP contribution in [0, 0.1) is 12.7 Å². The van der Waals surface area contributed by atoms with Crippen LogP contribution in [0.3, 0.4) is 0 Å². The summed E-state index contributed by atoms with van der Waals surface area (Å²) in [5, 5.41) is 2.24. The summed E-state index contributed by atoms with van der Waals surface area (Å²) in [7, 11) is 0. The van der Waals surface area contributed by atoms with Crippen molar-refractivity contribution in [2.75, 3.05) is 5.73 Å². The molecule has 0 aliphatic rings. The Morgan fingerprint density at radius 2 is 1.63 bits per heavy atom. The van der Waals surface area contributed by atoms with Gasteiger partial charge in [0.15, 0.2) is 0 Å². The third-order valence-corrected chi connectivity index (χ3v) is 3.42. The zero-order chi connectivity index (χ0) is 13.4. The van der Waals surface area contributed by atoms with Crippen LogP contribution in [0.4, 0.5) is 10.1 Å². The van der Waals surface area contributed by atoms with Crippen molar-refractivity contribution in [1.82, 2.24) is 0 Å². The number of anilines is 1. The van der Waals surface area contributed by atoms with Crippen molar-refractivity contribution in [3.8, 4) is 11.1 Å². The Kier molecular flexibility index (Phi) is 2.71. The van der Waals surface area contributed by atoms with E-state index in [9.17, 15) is 4.39 Å². The van der Waals surface area contributed by atoms with E-state index < -0.39 is 0 Å². The number of nitrogen functional groups attached to an aromatic ring is 1. The molecule has 1 nitrogen and oxygen atoms in total. The van der Waals surface area contributed by atoms with Crippen LogP contribution in [-0.4, -0.2) is 0 Å². The highest BCUT2D eigenvalue weighted by Gasteiger charge is 2.08. The molecule has 2 heteroatoms. The molecule has 19 heavy (non-hydrogen) atoms. The van der Waals surface area contributed by atoms with Gasteiger partial charge in [0.25, 0.3) is 0 Å². The predicted molar refractivity (Wildman–Crippen MR) is 78.5 cm³/mol. The predicted octanol–water partition coefficient (Wildman–Crippen LogP) is 4.54. The fraction of sp³-hybridized carbons (Fsp3) is 0.0588. The lowest BCUT2D eigenvalue weighted by atomic mass is 9.99. The molecule has 0 fully saturated rings. The Morgan fingerprint density at radius 1 is 0.895 bits per heavy atom. The maximum absolute atomic E-state index is 14.1. The maximum atomic E-state index is 14.1. The highest BCUT2D eigenvalue weighted by atomic mass is 19.1. The van der Waals surface area contributed by atoms with Gasteiger partial charge in [0, 0.05) is 11.3 Å². The van der Waals surface area contributed by atoms with Gasteiger partial charge >= 0.3 is 0 Å². The SMILES string of the molecule is Cc1cc(F)c(-c2ccc3ccccc3c2)cc1N. The number of hydrogen-bond acceptors (Lipinski definition) is 1. The molecule has 3 rings (SSSR count). The number of fused-ring (bicyclic) bond motifs is 1. The van der Waals surface area contributed by atoms with Gasteiger partial charge in [-0.05, 0) is 47.0 Å². The highest BCUT2D eigenvalue weighted by molar-refractivity contribution is 5.87. The van der Waals surface area contributed by atoms with Crippen LogP contribution in [0.15, 0.2) is 54.6 Å². The number of aryl methyl sites for hydroxylation is 1. The van der Waals surface area contributed by atoms with Crippen LogP contribution in [0.25, 0.3) is 21.9 Å². The first-order valence-corrected chi connectivity index (χ1v) is 6.20. The zero-order valence-corrected chi connectivity index (χ0v) is 10.7. The van der Waals surface area contributed by atoms with Gasteiger partial charge in [-0.25, -0.2) is 4.39 Å². The monoisotopic (exact) mass is 251 g/mol. The third kappa shape index (κ3) is 2.06. The van der Waals surface area contributed by atoms with Crippen molar-refractivity contribution in [2.45, 2.75) is 6.92 Å². The van der Waals surface area contributed by atoms with Gasteiger partial charge < -0.3 is 5.73 Å². The number of halogens is 1. The van der Waals surface area contributed by atoms with E-state index in [1.165, 1.54) is 6.07 Å². The Balaban J connectivity index is 2.21. The smallest absolute Gasteiger partial charge is 0.131 e. The summed E-state index contributed by atoms with van der Waals surface area (Å²) >= 11 is 0. The van der Waals surface area contributed by atoms with E-state index in [0.717, 1.165) is 21.9 Å². The van der Waals surface area contributed by atoms with Gasteiger partial charge in [0.2, 0.25) is 0 Å². The standard InChI is InChI=1S/C17H14FN/c1-11-8-16(18)15(10-17(11)19)14-7-6-12-4-2-3-5-13(12)9-14/h2-10H,19H2,1H3. The first-order valence-electron chi connectivity index (χ1n) is 6.20. The van der Waals surface area contributed by atoms with E-state index in [2.05, 4.69) is 0 Å². The van der Waals surface area contributed by atoms with Crippen LogP contribution in [0.2, 0.25) is 0 Å². The largest absolute Gasteiger partial charge is 0.398 e. The van der Waals surface area contributed by atoms with Gasteiger partial charge in [-0.3, -0.25) is 0 Å². The summed E-state index contributed by atoms with van der Waals surface area (Å²) in [6, 6.07) is 17.1. The molecule has 94 valence electrons. The van der Waals surface area contributed by atoms with E-state index in [0.29, 0.717) is 11.3 Å². The Morgan fingerprint density at radius 3 is 2.42 bits per heavy atom. The minimum absolute atomic E-state index is 0.234. The summed E-state index contributed by atoms with van der Waals surface area (Å²) in [5.74, 6) is -0.234. The maximum Gasteiger partial charge on any atom is 0.131 e. The molecule has 3 aromatic carbocycles. The summed E-state index contributed by atoms with van der Waals surface area (Å²) in [6.07, 6.45) is 0. The summed E-state index contributed by atoms with van der Waals surface area (Å²) < 4.78 is 14.1. The van der Waals surface area contributed by atoms with Crippen LogP contribution in [0.5, 0.6) is 0 Å². The fourth-order valence-corrected chi connectivity index (χ4v) is 2.27. The number of benzene rings is 3. The molecule has 0 bridgehead atoms. The molecule has 0 aromatic heterocycles. The van der Waals surface area contributed by atoms with Gasteiger partial charge in [0.1, 0.15) is 5.82 Å². The zero-order valence-electron chi connectivity index (χ0n) is 10.7. The summed E-state index contributed by atoms with van der Waals surface area (Å²) in [6.45, 7) is 1.81. The van der Waals surface area contributed by atoms with Crippen molar-refractivity contribution in [3.05, 3.63) is 66.0 Å². The molecule has 0 unspecified atom stereocenters. The molecule has 0 saturated heterocycles. The summed E-state index contributed by atoms with van der Waals surface area (Å²) in [4.78, 5) is 0. The second-order valence-corrected chi connectivity index (χ2v) is 4.75. The molecule has 3 aromatic rings. The average molecular weight is 251 g/mol. The van der Waals surface area contributed by atoms with E-state index in [4.69, 9.17) is 5.73 Å². The highest BCUT2D eigenvalue weighted by Crippen LogP contribution is 2.29. The minimum Gasteiger partial charge on any atom is -0.398 e. The molecule has 0 spiro atoms. The first-order chi connectivity index (χ1) is 9.15. The molecular formula is C17H14FN. The second kappa shape index (κ2) is 4.39. The Labute approximate surface area is 111 Å². The molecule has 2 N–H and O–H groups in total. The van der Waals surface area contributed by atoms with E-state index in [1.54, 1.807) is 6.07 Å². The number of nitrogens with two attached hydrogens (primary N) is 1. The molecular weight excluding hydrogens is 237 g/mol. The quantitative estimate of drug-likeness (QED) is 0.631. The van der Waals surface area contributed by atoms with Gasteiger partial charge in [-0.2, -0.15) is 0 Å². The van der Waals surface area contributed by atoms with Crippen LogP contribution < -0.4 is 5.73 Å². The van der Waals surface area contributed by atoms with Crippen molar-refractivity contribution >= 4 is 16.5 Å². The van der Waals surface area contributed by atoms with Crippen LogP contribution >= 0.6 is 0 Å². The Hall–Kier alpha value is -2.35. The first kappa shape index (κ1) is 11.7. The van der Waals surface area contributed by atoms with Crippen LogP contribution in [0.1, 0.15) is 5.56 Å². The second-order valence-electron chi connectivity index (χ2n) is 4.75. The van der Waals surface area contributed by atoms with Gasteiger partial charge in [0.05, 0.1) is 0 Å². The lowest BCUT2D eigenvalue weighted by Crippen LogP contribution is -1.93. The van der Waals surface area contributed by atoms with Crippen LogP contribution in [-0.2, 0) is 0 Å². The molecule has 0 saturated carbocycles. The summed E-state index contributed by atoms with van der Waals surface area (Å²) in [5.41, 5.74) is 8.65. The molecule has 0 radical (unpaired) electrons. The van der Waals surface area contributed by atoms with Crippen molar-refractivity contribution in [3.63, 3.8) is 0 Å². The topological polar surface area (TPSA) is 26.0 Å². The normalized spacial score (nSPS) is 10.8. The van der Waals surface area contributed by atoms with Gasteiger partial charge in [-0.15, -0.1) is 0 Å². The van der Waals surface area contributed by atoms with Gasteiger partial charge in [-0.1, -0.05) is 36.4 Å². The van der Waals surface area contributed by atoms with Crippen molar-refractivity contribution in [2.24, 2.45) is 0 Å². The lowest BCUT2D eigenvalue weighted by Gasteiger charge is -2.08. The van der Waals surface area contributed by atoms with Crippen molar-refractivity contribution < 1.29 is 4.39 Å². The van der Waals surface area contributed by atoms with E-state index in [1.807, 2.05) is 49.4 Å². The average Bonchev–Trinajstić information content (AvgIpc) is 2.42. The lowest BCUT2D eigenvalue weighted by molar-refractivity contribution is 0.630. The molecule has 0 amide bonds. The van der Waals surface area contributed by atoms with E-state index >= 15 is 0 Å². The number of rotatable bonds is 1. The van der Waals surface area contributed by atoms with Crippen molar-refractivity contribution in [1.29, 1.82) is 0 Å². The minimum atomic E-state index is -0.234. The molecule has 0 aliphatic carbocycles. The molecule has 0 aliphatic heterocycles. The Bertz CT molecular complexity index is 762. The van der Waals surface area contributed by atoms with E-state index in [-0.39, 0.29) is 5.82 Å². The molecule has 0 heterocycles.